The quantitative estimate of drug-likeness (QED) is 0.267. The maximum Gasteiger partial charge on any atom is 0.164 e. The first-order valence-electron chi connectivity index (χ1n) is 12.0. The van der Waals surface area contributed by atoms with Crippen LogP contribution in [0.2, 0.25) is 0 Å². The van der Waals surface area contributed by atoms with Gasteiger partial charge in [-0.15, -0.1) is 24.8 Å². The Bertz CT molecular complexity index is 773. The molecule has 194 valence electrons. The Morgan fingerprint density at radius 2 is 1.26 bits per heavy atom. The minimum atomic E-state index is 0. The van der Waals surface area contributed by atoms with Gasteiger partial charge in [-0.25, -0.2) is 0 Å². The summed E-state index contributed by atoms with van der Waals surface area (Å²) in [5, 5.41) is 7.15. The Kier molecular flexibility index (Phi) is 18.7. The Hall–Kier alpha value is -1.66. The van der Waals surface area contributed by atoms with Gasteiger partial charge in [0.2, 0.25) is 0 Å². The van der Waals surface area contributed by atoms with Crippen molar-refractivity contribution in [2.45, 2.75) is 51.9 Å². The number of benzene rings is 2. The molecule has 0 saturated heterocycles. The molecule has 0 aromatic heterocycles. The molecule has 0 bridgehead atoms. The summed E-state index contributed by atoms with van der Waals surface area (Å²) in [5.41, 5.74) is 3.95. The standard InChI is InChI=1S/C27H42N2O3.2ClH/c1-5-25-23(12-15-26(31-3)27(25)32-4)17-21-29-19-9-7-6-8-18-28-20-16-22-10-13-24(30-2)14-11-22;;/h10-15,28-29H,5-9,16-21H2,1-4H3;2*1H. The fraction of sp³-hybridized carbons (Fsp3) is 0.556. The van der Waals surface area contributed by atoms with Gasteiger partial charge in [0.05, 0.1) is 21.3 Å². The van der Waals surface area contributed by atoms with Crippen LogP contribution >= 0.6 is 24.8 Å². The maximum absolute atomic E-state index is 5.58. The molecule has 34 heavy (non-hydrogen) atoms. The van der Waals surface area contributed by atoms with Gasteiger partial charge in [0.15, 0.2) is 11.5 Å². The molecular formula is C27H44Cl2N2O3. The van der Waals surface area contributed by atoms with Crippen LogP contribution in [0.1, 0.15) is 49.3 Å². The van der Waals surface area contributed by atoms with E-state index in [2.05, 4.69) is 35.8 Å². The van der Waals surface area contributed by atoms with Crippen molar-refractivity contribution in [3.8, 4) is 17.2 Å². The first-order chi connectivity index (χ1) is 15.7. The van der Waals surface area contributed by atoms with Crippen LogP contribution in [-0.2, 0) is 19.3 Å². The van der Waals surface area contributed by atoms with Crippen LogP contribution in [0.3, 0.4) is 0 Å². The number of unbranched alkanes of at least 4 members (excludes halogenated alkanes) is 3. The van der Waals surface area contributed by atoms with E-state index in [0.717, 1.165) is 62.7 Å². The predicted octanol–water partition coefficient (Wildman–Crippen LogP) is 5.64. The van der Waals surface area contributed by atoms with E-state index in [-0.39, 0.29) is 24.8 Å². The molecule has 0 atom stereocenters. The summed E-state index contributed by atoms with van der Waals surface area (Å²) in [7, 11) is 5.11. The normalized spacial score (nSPS) is 10.2. The lowest BCUT2D eigenvalue weighted by molar-refractivity contribution is 0.351. The molecule has 0 fully saturated rings. The topological polar surface area (TPSA) is 51.8 Å². The van der Waals surface area contributed by atoms with Crippen molar-refractivity contribution in [3.63, 3.8) is 0 Å². The second-order valence-electron chi connectivity index (χ2n) is 8.05. The molecule has 0 aliphatic carbocycles. The maximum atomic E-state index is 5.58. The zero-order valence-electron chi connectivity index (χ0n) is 21.3. The lowest BCUT2D eigenvalue weighted by Gasteiger charge is -2.16. The van der Waals surface area contributed by atoms with E-state index in [1.807, 2.05) is 18.2 Å². The molecule has 2 aromatic rings. The second-order valence-corrected chi connectivity index (χ2v) is 8.05. The molecule has 0 unspecified atom stereocenters. The Balaban J connectivity index is 0.00000544. The van der Waals surface area contributed by atoms with E-state index in [4.69, 9.17) is 14.2 Å². The van der Waals surface area contributed by atoms with Crippen LogP contribution in [-0.4, -0.2) is 47.5 Å². The summed E-state index contributed by atoms with van der Waals surface area (Å²) < 4.78 is 16.2. The minimum absolute atomic E-state index is 0. The number of nitrogens with one attached hydrogen (secondary N) is 2. The van der Waals surface area contributed by atoms with E-state index < -0.39 is 0 Å². The number of methoxy groups -OCH3 is 3. The van der Waals surface area contributed by atoms with E-state index in [1.165, 1.54) is 42.4 Å². The highest BCUT2D eigenvalue weighted by molar-refractivity contribution is 5.85. The van der Waals surface area contributed by atoms with Gasteiger partial charge in [0.25, 0.3) is 0 Å². The zero-order valence-corrected chi connectivity index (χ0v) is 22.9. The monoisotopic (exact) mass is 514 g/mol. The van der Waals surface area contributed by atoms with Crippen LogP contribution in [0.5, 0.6) is 17.2 Å². The Morgan fingerprint density at radius 1 is 0.647 bits per heavy atom. The van der Waals surface area contributed by atoms with Crippen molar-refractivity contribution in [2.75, 3.05) is 47.5 Å². The van der Waals surface area contributed by atoms with Crippen LogP contribution in [0, 0.1) is 0 Å². The summed E-state index contributed by atoms with van der Waals surface area (Å²) in [4.78, 5) is 0. The van der Waals surface area contributed by atoms with Crippen molar-refractivity contribution < 1.29 is 14.2 Å². The molecule has 0 aliphatic rings. The molecule has 2 rings (SSSR count). The summed E-state index contributed by atoms with van der Waals surface area (Å²) in [6.45, 7) is 6.38. The molecule has 0 aliphatic heterocycles. The number of hydrogen-bond donors (Lipinski definition) is 2. The van der Waals surface area contributed by atoms with Crippen molar-refractivity contribution in [1.29, 1.82) is 0 Å². The second kappa shape index (κ2) is 19.6. The third-order valence-corrected chi connectivity index (χ3v) is 5.88. The molecule has 7 heteroatoms. The van der Waals surface area contributed by atoms with E-state index in [1.54, 1.807) is 21.3 Å². The third-order valence-electron chi connectivity index (χ3n) is 5.88. The van der Waals surface area contributed by atoms with Gasteiger partial charge in [0, 0.05) is 5.56 Å². The lowest BCUT2D eigenvalue weighted by Crippen LogP contribution is -2.20. The van der Waals surface area contributed by atoms with Crippen LogP contribution in [0.25, 0.3) is 0 Å². The first kappa shape index (κ1) is 32.3. The molecule has 2 aromatic carbocycles. The van der Waals surface area contributed by atoms with E-state index in [9.17, 15) is 0 Å². The fourth-order valence-electron chi connectivity index (χ4n) is 4.01. The molecule has 0 spiro atoms. The summed E-state index contributed by atoms with van der Waals surface area (Å²) in [5.74, 6) is 2.62. The summed E-state index contributed by atoms with van der Waals surface area (Å²) in [6, 6.07) is 12.5. The number of rotatable bonds is 17. The molecular weight excluding hydrogens is 471 g/mol. The van der Waals surface area contributed by atoms with Crippen molar-refractivity contribution >= 4 is 24.8 Å². The van der Waals surface area contributed by atoms with Crippen molar-refractivity contribution in [2.24, 2.45) is 0 Å². The van der Waals surface area contributed by atoms with Gasteiger partial charge < -0.3 is 24.8 Å². The van der Waals surface area contributed by atoms with Gasteiger partial charge in [-0.1, -0.05) is 38.0 Å². The highest BCUT2D eigenvalue weighted by Gasteiger charge is 2.13. The Morgan fingerprint density at radius 3 is 1.79 bits per heavy atom. The molecule has 2 N–H and O–H groups in total. The van der Waals surface area contributed by atoms with Gasteiger partial charge in [-0.05, 0) is 87.6 Å². The average molecular weight is 516 g/mol. The third kappa shape index (κ3) is 11.2. The molecule has 5 nitrogen and oxygen atoms in total. The SMILES string of the molecule is CCc1c(CCNCCCCCCNCCc2ccc(OC)cc2)ccc(OC)c1OC.Cl.Cl. The van der Waals surface area contributed by atoms with Gasteiger partial charge in [-0.2, -0.15) is 0 Å². The first-order valence-corrected chi connectivity index (χ1v) is 12.0. The Labute approximate surface area is 219 Å². The van der Waals surface area contributed by atoms with Gasteiger partial charge in [-0.3, -0.25) is 0 Å². The van der Waals surface area contributed by atoms with E-state index in [0.29, 0.717) is 0 Å². The lowest BCUT2D eigenvalue weighted by atomic mass is 10.0. The van der Waals surface area contributed by atoms with Gasteiger partial charge >= 0.3 is 0 Å². The van der Waals surface area contributed by atoms with Crippen LogP contribution in [0.4, 0.5) is 0 Å². The number of halogens is 2. The molecule has 0 radical (unpaired) electrons. The summed E-state index contributed by atoms with van der Waals surface area (Å²) in [6.07, 6.45) is 8.07. The summed E-state index contributed by atoms with van der Waals surface area (Å²) >= 11 is 0. The molecule has 0 heterocycles. The zero-order chi connectivity index (χ0) is 23.0. The van der Waals surface area contributed by atoms with Crippen molar-refractivity contribution in [1.82, 2.24) is 10.6 Å². The minimum Gasteiger partial charge on any atom is -0.497 e. The highest BCUT2D eigenvalue weighted by atomic mass is 35.5. The predicted molar refractivity (Wildman–Crippen MR) is 148 cm³/mol. The average Bonchev–Trinajstić information content (AvgIpc) is 2.84. The molecule has 0 saturated carbocycles. The van der Waals surface area contributed by atoms with Crippen LogP contribution in [0.15, 0.2) is 36.4 Å². The molecule has 0 amide bonds. The largest absolute Gasteiger partial charge is 0.497 e. The highest BCUT2D eigenvalue weighted by Crippen LogP contribution is 2.33. The van der Waals surface area contributed by atoms with Gasteiger partial charge in [0.1, 0.15) is 5.75 Å². The fourth-order valence-corrected chi connectivity index (χ4v) is 4.01. The number of ether oxygens (including phenoxy) is 3. The number of hydrogen-bond acceptors (Lipinski definition) is 5. The van der Waals surface area contributed by atoms with Crippen molar-refractivity contribution in [3.05, 3.63) is 53.1 Å². The van der Waals surface area contributed by atoms with E-state index >= 15 is 0 Å². The van der Waals surface area contributed by atoms with Crippen LogP contribution < -0.4 is 24.8 Å². The smallest absolute Gasteiger partial charge is 0.164 e.